The molecule has 0 spiro atoms. The van der Waals surface area contributed by atoms with Gasteiger partial charge < -0.3 is 9.64 Å². The predicted molar refractivity (Wildman–Crippen MR) is 68.5 cm³/mol. The first-order chi connectivity index (χ1) is 8.25. The van der Waals surface area contributed by atoms with Crippen molar-refractivity contribution in [2.75, 3.05) is 31.2 Å². The van der Waals surface area contributed by atoms with Gasteiger partial charge in [0.05, 0.1) is 13.2 Å². The van der Waals surface area contributed by atoms with Gasteiger partial charge >= 0.3 is 0 Å². The van der Waals surface area contributed by atoms with Crippen molar-refractivity contribution >= 4 is 27.4 Å². The van der Waals surface area contributed by atoms with E-state index in [-0.39, 0.29) is 0 Å². The van der Waals surface area contributed by atoms with Crippen molar-refractivity contribution in [3.05, 3.63) is 22.4 Å². The van der Waals surface area contributed by atoms with Gasteiger partial charge in [0.15, 0.2) is 5.65 Å². The molecule has 1 aliphatic heterocycles. The zero-order valence-electron chi connectivity index (χ0n) is 9.56. The maximum absolute atomic E-state index is 5.34. The van der Waals surface area contributed by atoms with Crippen molar-refractivity contribution in [1.29, 1.82) is 0 Å². The van der Waals surface area contributed by atoms with E-state index in [1.54, 1.807) is 4.52 Å². The van der Waals surface area contributed by atoms with E-state index < -0.39 is 0 Å². The average molecular weight is 297 g/mol. The third kappa shape index (κ3) is 1.91. The minimum atomic E-state index is 0.773. The highest BCUT2D eigenvalue weighted by Gasteiger charge is 2.14. The van der Waals surface area contributed by atoms with Crippen LogP contribution >= 0.6 is 15.9 Å². The summed E-state index contributed by atoms with van der Waals surface area (Å²) in [6, 6.07) is 2.00. The molecule has 3 heterocycles. The number of fused-ring (bicyclic) bond motifs is 1. The number of hydrogen-bond donors (Lipinski definition) is 0. The van der Waals surface area contributed by atoms with Crippen molar-refractivity contribution in [3.63, 3.8) is 0 Å². The zero-order valence-corrected chi connectivity index (χ0v) is 11.1. The molecule has 6 heteroatoms. The first kappa shape index (κ1) is 11.0. The van der Waals surface area contributed by atoms with Gasteiger partial charge in [0.25, 0.3) is 0 Å². The third-order valence-electron chi connectivity index (χ3n) is 2.98. The minimum Gasteiger partial charge on any atom is -0.378 e. The highest BCUT2D eigenvalue weighted by atomic mass is 79.9. The van der Waals surface area contributed by atoms with Gasteiger partial charge in [-0.15, -0.1) is 0 Å². The lowest BCUT2D eigenvalue weighted by molar-refractivity contribution is 0.122. The topological polar surface area (TPSA) is 42.7 Å². The largest absolute Gasteiger partial charge is 0.378 e. The van der Waals surface area contributed by atoms with Gasteiger partial charge in [0.1, 0.15) is 10.4 Å². The van der Waals surface area contributed by atoms with Crippen molar-refractivity contribution in [2.45, 2.75) is 6.92 Å². The second kappa shape index (κ2) is 4.27. The van der Waals surface area contributed by atoms with Crippen LogP contribution < -0.4 is 4.90 Å². The number of morpholine rings is 1. The molecule has 0 saturated carbocycles. The number of nitrogens with zero attached hydrogens (tertiary/aromatic N) is 4. The minimum absolute atomic E-state index is 0.773. The van der Waals surface area contributed by atoms with E-state index >= 15 is 0 Å². The Bertz CT molecular complexity index is 548. The molecule has 2 aromatic rings. The highest BCUT2D eigenvalue weighted by Crippen LogP contribution is 2.21. The Morgan fingerprint density at radius 3 is 2.88 bits per heavy atom. The summed E-state index contributed by atoms with van der Waals surface area (Å²) in [7, 11) is 0. The fourth-order valence-electron chi connectivity index (χ4n) is 1.97. The normalized spacial score (nSPS) is 16.7. The van der Waals surface area contributed by atoms with Crippen LogP contribution in [0.3, 0.4) is 0 Å². The summed E-state index contributed by atoms with van der Waals surface area (Å²) in [5.41, 5.74) is 1.97. The summed E-state index contributed by atoms with van der Waals surface area (Å²) >= 11 is 3.42. The summed E-state index contributed by atoms with van der Waals surface area (Å²) in [4.78, 5) is 6.90. The number of hydrogen-bond acceptors (Lipinski definition) is 4. The lowest BCUT2D eigenvalue weighted by Crippen LogP contribution is -2.36. The van der Waals surface area contributed by atoms with Gasteiger partial charge in [0, 0.05) is 24.8 Å². The van der Waals surface area contributed by atoms with Crippen LogP contribution in [0, 0.1) is 6.92 Å². The van der Waals surface area contributed by atoms with Gasteiger partial charge in [-0.25, -0.2) is 9.50 Å². The molecule has 5 nitrogen and oxygen atoms in total. The van der Waals surface area contributed by atoms with E-state index in [0.29, 0.717) is 0 Å². The molecule has 1 fully saturated rings. The Labute approximate surface area is 108 Å². The number of aryl methyl sites for hydroxylation is 1. The van der Waals surface area contributed by atoms with Crippen LogP contribution in [-0.4, -0.2) is 40.9 Å². The van der Waals surface area contributed by atoms with E-state index in [1.807, 2.05) is 19.2 Å². The number of anilines is 1. The van der Waals surface area contributed by atoms with E-state index in [1.165, 1.54) is 0 Å². The maximum Gasteiger partial charge on any atom is 0.161 e. The van der Waals surface area contributed by atoms with Gasteiger partial charge in [-0.2, -0.15) is 5.10 Å². The molecular weight excluding hydrogens is 284 g/mol. The molecule has 3 rings (SSSR count). The second-order valence-electron chi connectivity index (χ2n) is 4.07. The monoisotopic (exact) mass is 296 g/mol. The van der Waals surface area contributed by atoms with E-state index in [4.69, 9.17) is 4.74 Å². The van der Waals surface area contributed by atoms with Crippen LogP contribution in [-0.2, 0) is 4.74 Å². The molecule has 0 aromatic carbocycles. The first-order valence-corrected chi connectivity index (χ1v) is 6.39. The SMILES string of the molecule is Cc1c(Br)nn2ccc(N3CCOCC3)nc12. The average Bonchev–Trinajstić information content (AvgIpc) is 2.66. The summed E-state index contributed by atoms with van der Waals surface area (Å²) < 4.78 is 7.99. The molecule has 0 aliphatic carbocycles. The van der Waals surface area contributed by atoms with Gasteiger partial charge in [-0.1, -0.05) is 0 Å². The molecule has 0 bridgehead atoms. The van der Waals surface area contributed by atoms with Crippen LogP contribution in [0.1, 0.15) is 5.56 Å². The van der Waals surface area contributed by atoms with Gasteiger partial charge in [-0.05, 0) is 28.9 Å². The summed E-state index contributed by atoms with van der Waals surface area (Å²) in [6.07, 6.45) is 1.95. The lowest BCUT2D eigenvalue weighted by atomic mass is 10.3. The maximum atomic E-state index is 5.34. The molecule has 0 atom stereocenters. The van der Waals surface area contributed by atoms with Crippen LogP contribution in [0.5, 0.6) is 0 Å². The van der Waals surface area contributed by atoms with Crippen molar-refractivity contribution in [3.8, 4) is 0 Å². The number of ether oxygens (including phenoxy) is 1. The molecule has 0 unspecified atom stereocenters. The van der Waals surface area contributed by atoms with Crippen molar-refractivity contribution in [2.24, 2.45) is 0 Å². The quantitative estimate of drug-likeness (QED) is 0.802. The van der Waals surface area contributed by atoms with Crippen LogP contribution in [0.4, 0.5) is 5.82 Å². The molecule has 2 aromatic heterocycles. The summed E-state index contributed by atoms with van der Waals surface area (Å²) in [6.45, 7) is 5.36. The van der Waals surface area contributed by atoms with Crippen molar-refractivity contribution < 1.29 is 4.74 Å². The molecular formula is C11H13BrN4O. The van der Waals surface area contributed by atoms with E-state index in [9.17, 15) is 0 Å². The lowest BCUT2D eigenvalue weighted by Gasteiger charge is -2.27. The Hall–Kier alpha value is -1.14. The molecule has 0 amide bonds. The Morgan fingerprint density at radius 2 is 2.12 bits per heavy atom. The Morgan fingerprint density at radius 1 is 1.35 bits per heavy atom. The molecule has 17 heavy (non-hydrogen) atoms. The highest BCUT2D eigenvalue weighted by molar-refractivity contribution is 9.10. The number of aromatic nitrogens is 3. The van der Waals surface area contributed by atoms with Gasteiger partial charge in [0.2, 0.25) is 0 Å². The fourth-order valence-corrected chi connectivity index (χ4v) is 2.32. The van der Waals surface area contributed by atoms with Crippen LogP contribution in [0.15, 0.2) is 16.9 Å². The smallest absolute Gasteiger partial charge is 0.161 e. The molecule has 0 radical (unpaired) electrons. The molecule has 90 valence electrons. The van der Waals surface area contributed by atoms with E-state index in [0.717, 1.165) is 47.9 Å². The third-order valence-corrected chi connectivity index (χ3v) is 3.73. The Balaban J connectivity index is 2.02. The van der Waals surface area contributed by atoms with Crippen LogP contribution in [0.25, 0.3) is 5.65 Å². The number of halogens is 1. The molecule has 1 aliphatic rings. The number of rotatable bonds is 1. The summed E-state index contributed by atoms with van der Waals surface area (Å²) in [5, 5.41) is 4.33. The second-order valence-corrected chi connectivity index (χ2v) is 4.82. The zero-order chi connectivity index (χ0) is 11.8. The van der Waals surface area contributed by atoms with Crippen LogP contribution in [0.2, 0.25) is 0 Å². The van der Waals surface area contributed by atoms with Gasteiger partial charge in [-0.3, -0.25) is 0 Å². The standard InChI is InChI=1S/C11H13BrN4O/c1-8-10(12)14-16-3-2-9(13-11(8)16)15-4-6-17-7-5-15/h2-3H,4-7H2,1H3. The van der Waals surface area contributed by atoms with Crippen molar-refractivity contribution in [1.82, 2.24) is 14.6 Å². The van der Waals surface area contributed by atoms with E-state index in [2.05, 4.69) is 30.9 Å². The fraction of sp³-hybridized carbons (Fsp3) is 0.455. The predicted octanol–water partition coefficient (Wildman–Crippen LogP) is 1.64. The molecule has 0 N–H and O–H groups in total. The molecule has 1 saturated heterocycles. The summed E-state index contributed by atoms with van der Waals surface area (Å²) in [5.74, 6) is 0.997. The Kier molecular flexibility index (Phi) is 2.76. The first-order valence-electron chi connectivity index (χ1n) is 5.60.